The SMILES string of the molecule is O=COc1ccc(-c2cc3nc(c2)Cn2nnc(CNC(=O)OCC4c5ccccc5-c5ccccc54)c2-c2cccc(n2)CN2CCN(CC(=O)O)CCN(CCN(CC(=O)O)CC2)C3)cc1.[Lu]. The number of fused-ring (bicyclic) bond motifs is 11. The number of carboxylic acids is 2. The number of benzene rings is 3. The molecule has 3 aromatic carbocycles. The molecule has 69 heavy (non-hydrogen) atoms. The van der Waals surface area contributed by atoms with E-state index < -0.39 is 18.0 Å². The predicted molar refractivity (Wildman–Crippen MR) is 249 cm³/mol. The minimum absolute atomic E-state index is 0. The van der Waals surface area contributed by atoms with Gasteiger partial charge in [-0.2, -0.15) is 0 Å². The molecular formula is C50H52LuN10O8. The van der Waals surface area contributed by atoms with Crippen molar-refractivity contribution in [2.45, 2.75) is 32.1 Å². The molecule has 6 bridgehead atoms. The molecule has 3 aliphatic heterocycles. The number of carbonyl (C=O) groups is 4. The van der Waals surface area contributed by atoms with Crippen molar-refractivity contribution >= 4 is 24.5 Å². The zero-order chi connectivity index (χ0) is 47.0. The van der Waals surface area contributed by atoms with Crippen LogP contribution in [-0.2, 0) is 45.3 Å². The molecule has 3 N–H and O–H groups in total. The van der Waals surface area contributed by atoms with E-state index in [4.69, 9.17) is 19.4 Å². The summed E-state index contributed by atoms with van der Waals surface area (Å²) in [6.45, 7) is 5.10. The first-order valence-electron chi connectivity index (χ1n) is 22.7. The number of aliphatic carboxylic acids is 2. The third kappa shape index (κ3) is 12.4. The smallest absolute Gasteiger partial charge is 0.407 e. The van der Waals surface area contributed by atoms with Crippen LogP contribution in [0.3, 0.4) is 0 Å². The number of nitrogens with zero attached hydrogens (tertiary/aromatic N) is 9. The number of hydrogen-bond acceptors (Lipinski definition) is 14. The van der Waals surface area contributed by atoms with Crippen molar-refractivity contribution in [1.82, 2.24) is 49.9 Å². The third-order valence-electron chi connectivity index (χ3n) is 12.6. The first kappa shape index (κ1) is 49.3. The van der Waals surface area contributed by atoms with Crippen LogP contribution in [0.5, 0.6) is 5.75 Å². The molecule has 0 spiro atoms. The van der Waals surface area contributed by atoms with E-state index in [9.17, 15) is 29.4 Å². The average Bonchev–Trinajstić information content (AvgIpc) is 3.88. The van der Waals surface area contributed by atoms with Crippen molar-refractivity contribution in [3.8, 4) is 39.4 Å². The molecule has 1 amide bonds. The summed E-state index contributed by atoms with van der Waals surface area (Å²) in [4.78, 5) is 67.4. The van der Waals surface area contributed by atoms with Crippen LogP contribution in [0, 0.1) is 36.9 Å². The van der Waals surface area contributed by atoms with Gasteiger partial charge in [-0.05, 0) is 69.8 Å². The van der Waals surface area contributed by atoms with Crippen molar-refractivity contribution < 1.29 is 75.7 Å². The van der Waals surface area contributed by atoms with E-state index >= 15 is 0 Å². The van der Waals surface area contributed by atoms with Gasteiger partial charge in [0.05, 0.1) is 49.0 Å². The van der Waals surface area contributed by atoms with E-state index in [1.807, 2.05) is 76.5 Å². The first-order valence-corrected chi connectivity index (χ1v) is 22.7. The molecule has 18 nitrogen and oxygen atoms in total. The number of alkyl carbamates (subject to hydrolysis) is 1. The average molecular weight is 1100 g/mol. The quantitative estimate of drug-likeness (QED) is 0.153. The molecule has 3 aromatic heterocycles. The van der Waals surface area contributed by atoms with Gasteiger partial charge in [0.1, 0.15) is 23.7 Å². The Labute approximate surface area is 428 Å². The Balaban J connectivity index is 0.00000642. The van der Waals surface area contributed by atoms with Gasteiger partial charge >= 0.3 is 18.0 Å². The number of pyridine rings is 2. The molecule has 0 atom stereocenters. The fraction of sp³-hybridized carbons (Fsp3) is 0.320. The number of hydrogen-bond donors (Lipinski definition) is 3. The molecule has 6 aromatic rings. The minimum Gasteiger partial charge on any atom is -0.480 e. The first-order chi connectivity index (χ1) is 33.1. The van der Waals surface area contributed by atoms with Gasteiger partial charge in [-0.3, -0.25) is 39.0 Å². The fourth-order valence-corrected chi connectivity index (χ4v) is 9.33. The summed E-state index contributed by atoms with van der Waals surface area (Å²) in [6, 6.07) is 33.1. The zero-order valence-electron chi connectivity index (χ0n) is 37.7. The number of ether oxygens (including phenoxy) is 2. The van der Waals surface area contributed by atoms with Crippen molar-refractivity contribution in [2.75, 3.05) is 72.1 Å². The predicted octanol–water partition coefficient (Wildman–Crippen LogP) is 4.43. The molecule has 1 radical (unpaired) electrons. The number of amides is 1. The van der Waals surface area contributed by atoms with Crippen molar-refractivity contribution in [2.24, 2.45) is 0 Å². The molecular weight excluding hydrogens is 1040 g/mol. The van der Waals surface area contributed by atoms with E-state index in [2.05, 4.69) is 49.7 Å². The Hall–Kier alpha value is -6.15. The van der Waals surface area contributed by atoms with Crippen molar-refractivity contribution in [1.29, 1.82) is 0 Å². The molecule has 6 heterocycles. The number of aromatic nitrogens is 5. The summed E-state index contributed by atoms with van der Waals surface area (Å²) in [7, 11) is 0. The summed E-state index contributed by atoms with van der Waals surface area (Å²) in [5.74, 6) is -1.55. The monoisotopic (exact) mass is 1100 g/mol. The topological polar surface area (TPSA) is 209 Å². The molecule has 10 rings (SSSR count). The summed E-state index contributed by atoms with van der Waals surface area (Å²) >= 11 is 0. The Morgan fingerprint density at radius 2 is 1.25 bits per heavy atom. The van der Waals surface area contributed by atoms with Crippen LogP contribution in [0.25, 0.3) is 33.6 Å². The number of carboxylic acid groups (broad SMARTS) is 2. The van der Waals surface area contributed by atoms with E-state index in [1.54, 1.807) is 16.8 Å². The fourth-order valence-electron chi connectivity index (χ4n) is 9.33. The molecule has 4 aliphatic rings. The molecule has 0 unspecified atom stereocenters. The Morgan fingerprint density at radius 3 is 1.84 bits per heavy atom. The van der Waals surface area contributed by atoms with Crippen molar-refractivity contribution in [3.05, 3.63) is 137 Å². The molecule has 19 heteroatoms. The van der Waals surface area contributed by atoms with Crippen LogP contribution in [0.1, 0.15) is 39.8 Å². The summed E-state index contributed by atoms with van der Waals surface area (Å²) in [5, 5.41) is 32.0. The van der Waals surface area contributed by atoms with Crippen LogP contribution in [0.4, 0.5) is 4.79 Å². The van der Waals surface area contributed by atoms with E-state index in [0.29, 0.717) is 100 Å². The van der Waals surface area contributed by atoms with Gasteiger partial charge in [-0.15, -0.1) is 5.10 Å². The normalized spacial score (nSPS) is 17.5. The van der Waals surface area contributed by atoms with Crippen LogP contribution in [0.2, 0.25) is 0 Å². The van der Waals surface area contributed by atoms with Gasteiger partial charge in [0.25, 0.3) is 6.47 Å². The van der Waals surface area contributed by atoms with Crippen LogP contribution in [0.15, 0.2) is 103 Å². The van der Waals surface area contributed by atoms with Gasteiger partial charge < -0.3 is 25.0 Å². The largest absolute Gasteiger partial charge is 0.480 e. The summed E-state index contributed by atoms with van der Waals surface area (Å²) in [6.07, 6.45) is -0.602. The summed E-state index contributed by atoms with van der Waals surface area (Å²) in [5.41, 5.74) is 9.87. The van der Waals surface area contributed by atoms with Crippen LogP contribution in [-0.4, -0.2) is 151 Å². The van der Waals surface area contributed by atoms with Gasteiger partial charge in [0, 0.05) is 108 Å². The number of nitrogens with one attached hydrogen (secondary N) is 1. The number of carbonyl (C=O) groups excluding carboxylic acids is 2. The van der Waals surface area contributed by atoms with Crippen LogP contribution >= 0.6 is 0 Å². The van der Waals surface area contributed by atoms with E-state index in [0.717, 1.165) is 44.8 Å². The molecule has 0 saturated carbocycles. The van der Waals surface area contributed by atoms with E-state index in [1.165, 1.54) is 0 Å². The molecule has 1 fully saturated rings. The zero-order valence-corrected chi connectivity index (χ0v) is 39.4. The van der Waals surface area contributed by atoms with Gasteiger partial charge in [-0.25, -0.2) is 14.5 Å². The Kier molecular flexibility index (Phi) is 16.4. The second kappa shape index (κ2) is 23.0. The summed E-state index contributed by atoms with van der Waals surface area (Å²) < 4.78 is 12.7. The standard InChI is InChI=1S/C50H52N10O8.Lu/c61-33-68-39-14-12-34(13-15-39)35-24-37-28-57-18-22-58(30-47(62)63)20-16-56(17-21-59(23-19-57)31-48(64)65)27-36-6-5-11-45(53-36)49-46(54-55-60(49)29-38(25-35)52-37)26-51-50(66)67-32-44-42-9-3-1-7-40(42)41-8-2-4-10-43(41)44;/h1-15,24-25,33,44H,16-23,26-32H2,(H,51,66)(H,62,63)(H,64,65);. The number of rotatable bonds is 11. The Bertz CT molecular complexity index is 2710. The maximum Gasteiger partial charge on any atom is 0.407 e. The maximum absolute atomic E-state index is 13.5. The van der Waals surface area contributed by atoms with Gasteiger partial charge in [0.2, 0.25) is 0 Å². The molecule has 365 valence electrons. The maximum atomic E-state index is 13.5. The van der Waals surface area contributed by atoms with Gasteiger partial charge in [-0.1, -0.05) is 71.9 Å². The van der Waals surface area contributed by atoms with Gasteiger partial charge in [0.15, 0.2) is 0 Å². The Morgan fingerprint density at radius 1 is 0.667 bits per heavy atom. The second-order valence-electron chi connectivity index (χ2n) is 17.2. The molecule has 1 aliphatic carbocycles. The van der Waals surface area contributed by atoms with E-state index in [-0.39, 0.29) is 75.6 Å². The second-order valence-corrected chi connectivity index (χ2v) is 17.2. The minimum atomic E-state index is -0.919. The van der Waals surface area contributed by atoms with Crippen LogP contribution < -0.4 is 10.1 Å². The third-order valence-corrected chi connectivity index (χ3v) is 12.6. The molecule has 1 saturated heterocycles. The van der Waals surface area contributed by atoms with Crippen molar-refractivity contribution in [3.63, 3.8) is 0 Å².